The zero-order valence-electron chi connectivity index (χ0n) is 11.0. The van der Waals surface area contributed by atoms with Crippen LogP contribution in [0.2, 0.25) is 0 Å². The van der Waals surface area contributed by atoms with Crippen LogP contribution in [0.4, 0.5) is 4.79 Å². The highest BCUT2D eigenvalue weighted by atomic mass is 16.2. The maximum absolute atomic E-state index is 11.9. The Morgan fingerprint density at radius 2 is 2.18 bits per heavy atom. The fourth-order valence-electron chi connectivity index (χ4n) is 2.20. The van der Waals surface area contributed by atoms with Crippen LogP contribution in [-0.2, 0) is 13.0 Å². The molecule has 17 heavy (non-hydrogen) atoms. The molecule has 94 valence electrons. The average Bonchev–Trinajstić information content (AvgIpc) is 2.70. The molecule has 0 atom stereocenters. The second-order valence-corrected chi connectivity index (χ2v) is 4.99. The summed E-state index contributed by atoms with van der Waals surface area (Å²) in [6.45, 7) is 5.70. The molecular formula is C12H20N4O. The van der Waals surface area contributed by atoms with Gasteiger partial charge in [-0.25, -0.2) is 9.78 Å². The zero-order chi connectivity index (χ0) is 12.6. The molecule has 0 bridgehead atoms. The average molecular weight is 236 g/mol. The van der Waals surface area contributed by atoms with Crippen molar-refractivity contribution in [2.24, 2.45) is 0 Å². The van der Waals surface area contributed by atoms with Crippen LogP contribution in [0.25, 0.3) is 0 Å². The predicted molar refractivity (Wildman–Crippen MR) is 65.8 cm³/mol. The monoisotopic (exact) mass is 236 g/mol. The molecule has 0 unspecified atom stereocenters. The van der Waals surface area contributed by atoms with Crippen molar-refractivity contribution < 1.29 is 4.79 Å². The summed E-state index contributed by atoms with van der Waals surface area (Å²) in [6.07, 6.45) is 2.74. The fourth-order valence-corrected chi connectivity index (χ4v) is 2.20. The molecule has 5 heteroatoms. The largest absolute Gasteiger partial charge is 0.331 e. The van der Waals surface area contributed by atoms with E-state index in [4.69, 9.17) is 0 Å². The molecule has 1 aromatic rings. The van der Waals surface area contributed by atoms with Crippen molar-refractivity contribution in [3.8, 4) is 0 Å². The van der Waals surface area contributed by atoms with Crippen molar-refractivity contribution in [2.75, 3.05) is 20.6 Å². The van der Waals surface area contributed by atoms with Gasteiger partial charge in [0.1, 0.15) is 0 Å². The third-order valence-corrected chi connectivity index (χ3v) is 3.15. The summed E-state index contributed by atoms with van der Waals surface area (Å²) in [5.41, 5.74) is 2.32. The molecule has 0 N–H and O–H groups in total. The van der Waals surface area contributed by atoms with Crippen LogP contribution in [0.1, 0.15) is 31.3 Å². The van der Waals surface area contributed by atoms with Crippen LogP contribution < -0.4 is 0 Å². The highest BCUT2D eigenvalue weighted by Gasteiger charge is 2.25. The van der Waals surface area contributed by atoms with Crippen LogP contribution in [0, 0.1) is 0 Å². The van der Waals surface area contributed by atoms with Crippen LogP contribution in [-0.4, -0.2) is 46.0 Å². The maximum Gasteiger partial charge on any atom is 0.319 e. The Kier molecular flexibility index (Phi) is 3.09. The molecule has 2 amide bonds. The number of amides is 2. The van der Waals surface area contributed by atoms with Crippen molar-refractivity contribution in [3.05, 3.63) is 17.7 Å². The number of carbonyl (C=O) groups excluding carboxylic acids is 1. The summed E-state index contributed by atoms with van der Waals surface area (Å²) < 4.78 is 2.16. The number of hydrogen-bond donors (Lipinski definition) is 0. The van der Waals surface area contributed by atoms with E-state index in [9.17, 15) is 4.79 Å². The third-order valence-electron chi connectivity index (χ3n) is 3.15. The highest BCUT2D eigenvalue weighted by Crippen LogP contribution is 2.21. The summed E-state index contributed by atoms with van der Waals surface area (Å²) in [7, 11) is 3.58. The van der Waals surface area contributed by atoms with E-state index in [0.29, 0.717) is 12.6 Å². The van der Waals surface area contributed by atoms with E-state index < -0.39 is 0 Å². The van der Waals surface area contributed by atoms with E-state index in [1.807, 2.05) is 11.2 Å². The van der Waals surface area contributed by atoms with Gasteiger partial charge in [-0.2, -0.15) is 0 Å². The molecule has 2 rings (SSSR count). The molecule has 0 saturated carbocycles. The number of urea groups is 1. The molecule has 0 fully saturated rings. The predicted octanol–water partition coefficient (Wildman–Crippen LogP) is 1.50. The summed E-state index contributed by atoms with van der Waals surface area (Å²) >= 11 is 0. The van der Waals surface area contributed by atoms with Gasteiger partial charge in [-0.15, -0.1) is 0 Å². The number of imidazole rings is 1. The van der Waals surface area contributed by atoms with Gasteiger partial charge < -0.3 is 14.4 Å². The molecule has 2 heterocycles. The molecule has 5 nitrogen and oxygen atoms in total. The number of hydrogen-bond acceptors (Lipinski definition) is 2. The SMILES string of the molecule is CC(C)n1cnc2c1CN(C(=O)N(C)C)CC2. The molecule has 1 aromatic heterocycles. The highest BCUT2D eigenvalue weighted by molar-refractivity contribution is 5.74. The Bertz CT molecular complexity index is 422. The Morgan fingerprint density at radius 3 is 2.76 bits per heavy atom. The van der Waals surface area contributed by atoms with E-state index in [-0.39, 0.29) is 6.03 Å². The van der Waals surface area contributed by atoms with Crippen molar-refractivity contribution in [1.82, 2.24) is 19.4 Å². The van der Waals surface area contributed by atoms with Crippen LogP contribution in [0.5, 0.6) is 0 Å². The molecule has 1 aliphatic rings. The number of fused-ring (bicyclic) bond motifs is 1. The third kappa shape index (κ3) is 2.14. The van der Waals surface area contributed by atoms with Gasteiger partial charge in [-0.3, -0.25) is 0 Å². The van der Waals surface area contributed by atoms with E-state index in [0.717, 1.165) is 18.7 Å². The van der Waals surface area contributed by atoms with E-state index in [1.165, 1.54) is 5.69 Å². The summed E-state index contributed by atoms with van der Waals surface area (Å²) in [4.78, 5) is 19.9. The summed E-state index contributed by atoms with van der Waals surface area (Å²) in [5.74, 6) is 0. The molecule has 0 aliphatic carbocycles. The first-order valence-electron chi connectivity index (χ1n) is 6.01. The first-order valence-corrected chi connectivity index (χ1v) is 6.01. The number of carbonyl (C=O) groups is 1. The van der Waals surface area contributed by atoms with Crippen molar-refractivity contribution >= 4 is 6.03 Å². The van der Waals surface area contributed by atoms with Gasteiger partial charge in [0.15, 0.2) is 0 Å². The maximum atomic E-state index is 11.9. The van der Waals surface area contributed by atoms with Gasteiger partial charge >= 0.3 is 6.03 Å². The molecule has 0 saturated heterocycles. The number of nitrogens with zero attached hydrogens (tertiary/aromatic N) is 4. The first kappa shape index (κ1) is 12.0. The van der Waals surface area contributed by atoms with Gasteiger partial charge in [0.05, 0.1) is 24.3 Å². The van der Waals surface area contributed by atoms with Crippen molar-refractivity contribution in [1.29, 1.82) is 0 Å². The van der Waals surface area contributed by atoms with E-state index >= 15 is 0 Å². The Labute approximate surface area is 102 Å². The van der Waals surface area contributed by atoms with Crippen molar-refractivity contribution in [2.45, 2.75) is 32.9 Å². The lowest BCUT2D eigenvalue weighted by Gasteiger charge is -2.30. The van der Waals surface area contributed by atoms with Gasteiger partial charge in [0.2, 0.25) is 0 Å². The normalized spacial score (nSPS) is 15.0. The van der Waals surface area contributed by atoms with Gasteiger partial charge in [-0.05, 0) is 13.8 Å². The molecule has 0 radical (unpaired) electrons. The minimum atomic E-state index is 0.0761. The molecule has 0 aromatic carbocycles. The van der Waals surface area contributed by atoms with Crippen molar-refractivity contribution in [3.63, 3.8) is 0 Å². The summed E-state index contributed by atoms with van der Waals surface area (Å²) in [5, 5.41) is 0. The molecular weight excluding hydrogens is 216 g/mol. The Hall–Kier alpha value is -1.52. The first-order chi connectivity index (χ1) is 8.00. The van der Waals surface area contributed by atoms with E-state index in [1.54, 1.807) is 19.0 Å². The zero-order valence-corrected chi connectivity index (χ0v) is 11.0. The smallest absolute Gasteiger partial charge is 0.319 e. The topological polar surface area (TPSA) is 41.4 Å². The second-order valence-electron chi connectivity index (χ2n) is 4.99. The second kappa shape index (κ2) is 4.39. The standard InChI is InChI=1S/C12H20N4O/c1-9(2)16-8-13-10-5-6-15(7-11(10)16)12(17)14(3)4/h8-9H,5-7H2,1-4H3. The van der Waals surface area contributed by atoms with Crippen LogP contribution in [0.3, 0.4) is 0 Å². The minimum absolute atomic E-state index is 0.0761. The summed E-state index contributed by atoms with van der Waals surface area (Å²) in [6, 6.07) is 0.466. The number of aromatic nitrogens is 2. The van der Waals surface area contributed by atoms with Gasteiger partial charge in [0.25, 0.3) is 0 Å². The minimum Gasteiger partial charge on any atom is -0.331 e. The lowest BCUT2D eigenvalue weighted by Crippen LogP contribution is -2.42. The van der Waals surface area contributed by atoms with Gasteiger partial charge in [0, 0.05) is 33.1 Å². The quantitative estimate of drug-likeness (QED) is 0.741. The lowest BCUT2D eigenvalue weighted by atomic mass is 10.1. The number of rotatable bonds is 1. The van der Waals surface area contributed by atoms with Gasteiger partial charge in [-0.1, -0.05) is 0 Å². The van der Waals surface area contributed by atoms with Crippen LogP contribution in [0.15, 0.2) is 6.33 Å². The molecule has 0 spiro atoms. The molecule has 1 aliphatic heterocycles. The fraction of sp³-hybridized carbons (Fsp3) is 0.667. The Morgan fingerprint density at radius 1 is 1.47 bits per heavy atom. The lowest BCUT2D eigenvalue weighted by molar-refractivity contribution is 0.163. The van der Waals surface area contributed by atoms with E-state index in [2.05, 4.69) is 23.4 Å². The van der Waals surface area contributed by atoms with Crippen LogP contribution >= 0.6 is 0 Å². The Balaban J connectivity index is 2.22.